The van der Waals surface area contributed by atoms with Gasteiger partial charge < -0.3 is 14.5 Å². The van der Waals surface area contributed by atoms with Crippen molar-refractivity contribution >= 4 is 12.0 Å². The minimum Gasteiger partial charge on any atom is -0.444 e. The summed E-state index contributed by atoms with van der Waals surface area (Å²) in [6.45, 7) is 8.52. The Morgan fingerprint density at radius 3 is 2.78 bits per heavy atom. The predicted octanol–water partition coefficient (Wildman–Crippen LogP) is 2.40. The van der Waals surface area contributed by atoms with Crippen LogP contribution in [-0.4, -0.2) is 60.1 Å². The monoisotopic (exact) mass is 323 g/mol. The molecule has 2 aliphatic rings. The summed E-state index contributed by atoms with van der Waals surface area (Å²) in [5.74, 6) is 0.505. The van der Waals surface area contributed by atoms with E-state index in [1.165, 1.54) is 0 Å². The van der Waals surface area contributed by atoms with Crippen LogP contribution in [0.15, 0.2) is 5.11 Å². The van der Waals surface area contributed by atoms with E-state index in [2.05, 4.69) is 10.0 Å². The molecule has 0 saturated carbocycles. The van der Waals surface area contributed by atoms with Crippen LogP contribution in [0.25, 0.3) is 10.4 Å². The summed E-state index contributed by atoms with van der Waals surface area (Å²) < 4.78 is 5.38. The number of hydrogen-bond acceptors (Lipinski definition) is 4. The van der Waals surface area contributed by atoms with Gasteiger partial charge in [-0.25, -0.2) is 4.79 Å². The van der Waals surface area contributed by atoms with Gasteiger partial charge in [0.2, 0.25) is 5.91 Å². The lowest BCUT2D eigenvalue weighted by molar-refractivity contribution is -0.128. The summed E-state index contributed by atoms with van der Waals surface area (Å²) in [5, 5.41) is 3.56. The normalized spacial score (nSPS) is 24.7. The van der Waals surface area contributed by atoms with Crippen molar-refractivity contribution in [1.29, 1.82) is 0 Å². The Balaban J connectivity index is 1.80. The van der Waals surface area contributed by atoms with Crippen LogP contribution in [0, 0.1) is 11.8 Å². The standard InChI is InChI=1S/C15H25N5O3/c1-15(2,3)23-14(22)19-5-4-11(8-19)9-20-10-12(6-13(20)21)7-17-18-16/h11-12H,4-10H2,1-3H3. The highest BCUT2D eigenvalue weighted by atomic mass is 16.6. The summed E-state index contributed by atoms with van der Waals surface area (Å²) >= 11 is 0. The molecular formula is C15H25N5O3. The summed E-state index contributed by atoms with van der Waals surface area (Å²) in [5.41, 5.74) is 7.87. The van der Waals surface area contributed by atoms with E-state index in [0.717, 1.165) is 6.42 Å². The molecule has 2 heterocycles. The van der Waals surface area contributed by atoms with Gasteiger partial charge in [0.05, 0.1) is 0 Å². The first-order valence-corrected chi connectivity index (χ1v) is 8.05. The Morgan fingerprint density at radius 1 is 1.39 bits per heavy atom. The second kappa shape index (κ2) is 7.08. The molecule has 0 aromatic rings. The molecule has 23 heavy (non-hydrogen) atoms. The highest BCUT2D eigenvalue weighted by Crippen LogP contribution is 2.24. The molecule has 2 aliphatic heterocycles. The highest BCUT2D eigenvalue weighted by Gasteiger charge is 2.34. The third-order valence-corrected chi connectivity index (χ3v) is 4.11. The Kier molecular flexibility index (Phi) is 5.36. The van der Waals surface area contributed by atoms with Crippen molar-refractivity contribution in [3.8, 4) is 0 Å². The van der Waals surface area contributed by atoms with E-state index in [-0.39, 0.29) is 23.8 Å². The third kappa shape index (κ3) is 5.03. The first-order chi connectivity index (χ1) is 10.8. The van der Waals surface area contributed by atoms with Gasteiger partial charge in [0.15, 0.2) is 0 Å². The van der Waals surface area contributed by atoms with Gasteiger partial charge in [0.25, 0.3) is 0 Å². The van der Waals surface area contributed by atoms with Crippen molar-refractivity contribution in [3.63, 3.8) is 0 Å². The van der Waals surface area contributed by atoms with Gasteiger partial charge in [-0.05, 0) is 44.6 Å². The molecule has 0 radical (unpaired) electrons. The minimum atomic E-state index is -0.491. The number of ether oxygens (including phenoxy) is 1. The SMILES string of the molecule is CC(C)(C)OC(=O)N1CCC(CN2CC(CN=[N+]=[N-])CC2=O)C1. The Morgan fingerprint density at radius 2 is 2.13 bits per heavy atom. The fourth-order valence-corrected chi connectivity index (χ4v) is 3.09. The number of rotatable bonds is 4. The fourth-order valence-electron chi connectivity index (χ4n) is 3.09. The lowest BCUT2D eigenvalue weighted by atomic mass is 10.1. The van der Waals surface area contributed by atoms with Crippen molar-refractivity contribution in [2.75, 3.05) is 32.7 Å². The number of hydrogen-bond donors (Lipinski definition) is 0. The maximum atomic E-state index is 12.1. The lowest BCUT2D eigenvalue weighted by Gasteiger charge is -2.25. The predicted molar refractivity (Wildman–Crippen MR) is 84.6 cm³/mol. The van der Waals surface area contributed by atoms with E-state index < -0.39 is 5.60 Å². The molecule has 2 rings (SSSR count). The zero-order valence-electron chi connectivity index (χ0n) is 14.1. The number of amides is 2. The van der Waals surface area contributed by atoms with Crippen LogP contribution in [0.3, 0.4) is 0 Å². The van der Waals surface area contributed by atoms with Crippen molar-refractivity contribution in [2.45, 2.75) is 39.2 Å². The quantitative estimate of drug-likeness (QED) is 0.451. The Labute approximate surface area is 136 Å². The topological polar surface area (TPSA) is 98.6 Å². The molecule has 0 aliphatic carbocycles. The molecule has 0 N–H and O–H groups in total. The Hall–Kier alpha value is -1.95. The summed E-state index contributed by atoms with van der Waals surface area (Å²) in [7, 11) is 0. The van der Waals surface area contributed by atoms with Crippen LogP contribution in [0.4, 0.5) is 4.79 Å². The number of carbonyl (C=O) groups excluding carboxylic acids is 2. The Bertz CT molecular complexity index is 510. The van der Waals surface area contributed by atoms with Crippen LogP contribution in [0.2, 0.25) is 0 Å². The van der Waals surface area contributed by atoms with Crippen molar-refractivity contribution in [3.05, 3.63) is 10.4 Å². The second-order valence-electron chi connectivity index (χ2n) is 7.36. The number of nitrogens with zero attached hydrogens (tertiary/aromatic N) is 5. The van der Waals surface area contributed by atoms with Crippen molar-refractivity contribution in [2.24, 2.45) is 17.0 Å². The van der Waals surface area contributed by atoms with Crippen LogP contribution in [0.1, 0.15) is 33.6 Å². The van der Waals surface area contributed by atoms with E-state index in [0.29, 0.717) is 39.1 Å². The molecule has 8 heteroatoms. The van der Waals surface area contributed by atoms with Gasteiger partial charge in [0.1, 0.15) is 5.60 Å². The van der Waals surface area contributed by atoms with Gasteiger partial charge in [-0.1, -0.05) is 5.11 Å². The summed E-state index contributed by atoms with van der Waals surface area (Å²) in [6, 6.07) is 0. The number of azide groups is 1. The van der Waals surface area contributed by atoms with E-state index in [1.807, 2.05) is 25.7 Å². The molecule has 0 aromatic heterocycles. The maximum absolute atomic E-state index is 12.1. The molecule has 128 valence electrons. The fraction of sp³-hybridized carbons (Fsp3) is 0.867. The third-order valence-electron chi connectivity index (χ3n) is 4.11. The molecule has 0 bridgehead atoms. The minimum absolute atomic E-state index is 0.110. The first kappa shape index (κ1) is 17.4. The second-order valence-corrected chi connectivity index (χ2v) is 7.36. The van der Waals surface area contributed by atoms with Gasteiger partial charge in [0, 0.05) is 44.1 Å². The maximum Gasteiger partial charge on any atom is 0.410 e. The smallest absolute Gasteiger partial charge is 0.410 e. The van der Waals surface area contributed by atoms with Gasteiger partial charge >= 0.3 is 6.09 Å². The molecule has 2 unspecified atom stereocenters. The van der Waals surface area contributed by atoms with E-state index in [9.17, 15) is 9.59 Å². The molecular weight excluding hydrogens is 298 g/mol. The molecule has 2 saturated heterocycles. The highest BCUT2D eigenvalue weighted by molar-refractivity contribution is 5.78. The van der Waals surface area contributed by atoms with Crippen molar-refractivity contribution in [1.82, 2.24) is 9.80 Å². The van der Waals surface area contributed by atoms with E-state index in [1.54, 1.807) is 4.90 Å². The average Bonchev–Trinajstić information content (AvgIpc) is 3.03. The largest absolute Gasteiger partial charge is 0.444 e. The zero-order valence-corrected chi connectivity index (χ0v) is 14.1. The first-order valence-electron chi connectivity index (χ1n) is 8.05. The van der Waals surface area contributed by atoms with Gasteiger partial charge in [-0.2, -0.15) is 0 Å². The van der Waals surface area contributed by atoms with Crippen molar-refractivity contribution < 1.29 is 14.3 Å². The lowest BCUT2D eigenvalue weighted by Crippen LogP contribution is -2.37. The molecule has 8 nitrogen and oxygen atoms in total. The molecule has 2 fully saturated rings. The van der Waals surface area contributed by atoms with E-state index >= 15 is 0 Å². The molecule has 2 atom stereocenters. The summed E-state index contributed by atoms with van der Waals surface area (Å²) in [6.07, 6.45) is 1.04. The van der Waals surface area contributed by atoms with Crippen LogP contribution >= 0.6 is 0 Å². The summed E-state index contributed by atoms with van der Waals surface area (Å²) in [4.78, 5) is 30.4. The van der Waals surface area contributed by atoms with Crippen LogP contribution < -0.4 is 0 Å². The van der Waals surface area contributed by atoms with Crippen LogP contribution in [-0.2, 0) is 9.53 Å². The zero-order chi connectivity index (χ0) is 17.0. The molecule has 0 aromatic carbocycles. The van der Waals surface area contributed by atoms with Gasteiger partial charge in [-0.15, -0.1) is 0 Å². The number of carbonyl (C=O) groups is 2. The molecule has 2 amide bonds. The van der Waals surface area contributed by atoms with E-state index in [4.69, 9.17) is 10.3 Å². The van der Waals surface area contributed by atoms with Gasteiger partial charge in [-0.3, -0.25) is 4.79 Å². The van der Waals surface area contributed by atoms with Crippen LogP contribution in [0.5, 0.6) is 0 Å². The average molecular weight is 323 g/mol. The number of likely N-dealkylation sites (tertiary alicyclic amines) is 2. The molecule has 0 spiro atoms.